The smallest absolute Gasteiger partial charge is 0.273 e. The Balaban J connectivity index is 1.67. The zero-order chi connectivity index (χ0) is 20.6. The number of phenols is 1. The summed E-state index contributed by atoms with van der Waals surface area (Å²) >= 11 is 2.12. The molecule has 0 fully saturated rings. The minimum absolute atomic E-state index is 0.0667. The molecule has 0 aliphatic rings. The number of halogens is 1. The molecule has 3 rings (SSSR count). The van der Waals surface area contributed by atoms with Crippen LogP contribution in [0.25, 0.3) is 0 Å². The first kappa shape index (κ1) is 20.5. The van der Waals surface area contributed by atoms with Gasteiger partial charge in [0.15, 0.2) is 0 Å². The summed E-state index contributed by atoms with van der Waals surface area (Å²) in [4.78, 5) is 24.8. The highest BCUT2D eigenvalue weighted by atomic mass is 127. The van der Waals surface area contributed by atoms with Gasteiger partial charge in [-0.15, -0.1) is 0 Å². The van der Waals surface area contributed by atoms with Gasteiger partial charge >= 0.3 is 0 Å². The Morgan fingerprint density at radius 3 is 2.52 bits per heavy atom. The third kappa shape index (κ3) is 5.89. The number of benzene rings is 3. The molecule has 6 nitrogen and oxygen atoms in total. The molecule has 0 saturated carbocycles. The number of hydrazone groups is 1. The standard InChI is InChI=1S/C22H18IN3O3/c23-17-10-11-20(27)16(13-17)14-24-26-22(29)18-8-4-5-9-19(18)25-21(28)12-15-6-2-1-3-7-15/h1-11,13-14,27H,12H2,(H,25,28)(H,26,29)/b24-14-. The van der Waals surface area contributed by atoms with Crippen molar-refractivity contribution in [3.8, 4) is 5.75 Å². The van der Waals surface area contributed by atoms with Gasteiger partial charge in [0.25, 0.3) is 5.91 Å². The molecule has 0 aliphatic heterocycles. The fourth-order valence-corrected chi connectivity index (χ4v) is 3.13. The van der Waals surface area contributed by atoms with Gasteiger partial charge in [0.1, 0.15) is 5.75 Å². The number of amides is 2. The van der Waals surface area contributed by atoms with E-state index in [0.717, 1.165) is 9.13 Å². The van der Waals surface area contributed by atoms with Gasteiger partial charge in [-0.25, -0.2) is 5.43 Å². The Hall–Kier alpha value is -3.20. The fraction of sp³-hybridized carbons (Fsp3) is 0.0455. The van der Waals surface area contributed by atoms with Crippen LogP contribution >= 0.6 is 22.6 Å². The minimum Gasteiger partial charge on any atom is -0.507 e. The molecule has 0 aromatic heterocycles. The number of phenolic OH excluding ortho intramolecular Hbond substituents is 1. The van der Waals surface area contributed by atoms with Crippen LogP contribution in [0.1, 0.15) is 21.5 Å². The lowest BCUT2D eigenvalue weighted by Crippen LogP contribution is -2.22. The van der Waals surface area contributed by atoms with Crippen LogP contribution < -0.4 is 10.7 Å². The highest BCUT2D eigenvalue weighted by Gasteiger charge is 2.13. The molecular formula is C22H18IN3O3. The fourth-order valence-electron chi connectivity index (χ4n) is 2.62. The first-order valence-corrected chi connectivity index (χ1v) is 9.85. The van der Waals surface area contributed by atoms with Crippen molar-refractivity contribution in [3.63, 3.8) is 0 Å². The molecule has 0 radical (unpaired) electrons. The maximum atomic E-state index is 12.5. The molecule has 3 N–H and O–H groups in total. The molecule has 2 amide bonds. The molecule has 0 bridgehead atoms. The van der Waals surface area contributed by atoms with E-state index >= 15 is 0 Å². The van der Waals surface area contributed by atoms with E-state index < -0.39 is 5.91 Å². The van der Waals surface area contributed by atoms with Crippen molar-refractivity contribution >= 4 is 46.3 Å². The summed E-state index contributed by atoms with van der Waals surface area (Å²) in [5, 5.41) is 16.5. The second-order valence-corrected chi connectivity index (χ2v) is 7.40. The van der Waals surface area contributed by atoms with Gasteiger partial charge in [0, 0.05) is 9.13 Å². The van der Waals surface area contributed by atoms with Gasteiger partial charge in [-0.2, -0.15) is 5.10 Å². The maximum Gasteiger partial charge on any atom is 0.273 e. The number of hydrogen-bond acceptors (Lipinski definition) is 4. The number of nitrogens with zero attached hydrogens (tertiary/aromatic N) is 1. The number of hydrogen-bond donors (Lipinski definition) is 3. The van der Waals surface area contributed by atoms with Crippen LogP contribution in [-0.4, -0.2) is 23.1 Å². The van der Waals surface area contributed by atoms with Gasteiger partial charge in [-0.3, -0.25) is 9.59 Å². The largest absolute Gasteiger partial charge is 0.507 e. The van der Waals surface area contributed by atoms with Crippen LogP contribution in [-0.2, 0) is 11.2 Å². The Labute approximate surface area is 181 Å². The summed E-state index contributed by atoms with van der Waals surface area (Å²) in [6.45, 7) is 0. The Morgan fingerprint density at radius 1 is 1.00 bits per heavy atom. The lowest BCUT2D eigenvalue weighted by molar-refractivity contribution is -0.115. The van der Waals surface area contributed by atoms with Crippen LogP contribution in [0, 0.1) is 3.57 Å². The van der Waals surface area contributed by atoms with Gasteiger partial charge in [0.05, 0.1) is 23.9 Å². The van der Waals surface area contributed by atoms with Crippen LogP contribution in [0.2, 0.25) is 0 Å². The summed E-state index contributed by atoms with van der Waals surface area (Å²) in [6.07, 6.45) is 1.58. The van der Waals surface area contributed by atoms with E-state index in [-0.39, 0.29) is 23.6 Å². The predicted molar refractivity (Wildman–Crippen MR) is 121 cm³/mol. The number of carbonyl (C=O) groups is 2. The molecule has 0 saturated heterocycles. The quantitative estimate of drug-likeness (QED) is 0.273. The number of carbonyl (C=O) groups excluding carboxylic acids is 2. The summed E-state index contributed by atoms with van der Waals surface area (Å²) in [7, 11) is 0. The number of rotatable bonds is 6. The topological polar surface area (TPSA) is 90.8 Å². The Bertz CT molecular complexity index is 1050. The highest BCUT2D eigenvalue weighted by molar-refractivity contribution is 14.1. The zero-order valence-electron chi connectivity index (χ0n) is 15.3. The Kier molecular flexibility index (Phi) is 6.96. The highest BCUT2D eigenvalue weighted by Crippen LogP contribution is 2.18. The third-order valence-electron chi connectivity index (χ3n) is 4.01. The van der Waals surface area contributed by atoms with E-state index in [2.05, 4.69) is 38.4 Å². The van der Waals surface area contributed by atoms with E-state index in [1.54, 1.807) is 42.5 Å². The zero-order valence-corrected chi connectivity index (χ0v) is 17.5. The molecule has 0 unspecified atom stereocenters. The average Bonchev–Trinajstić information content (AvgIpc) is 2.71. The van der Waals surface area contributed by atoms with Gasteiger partial charge in [-0.05, 0) is 58.5 Å². The molecule has 29 heavy (non-hydrogen) atoms. The minimum atomic E-state index is -0.470. The van der Waals surface area contributed by atoms with E-state index in [4.69, 9.17) is 0 Å². The average molecular weight is 499 g/mol. The lowest BCUT2D eigenvalue weighted by atomic mass is 10.1. The van der Waals surface area contributed by atoms with Crippen molar-refractivity contribution in [1.29, 1.82) is 0 Å². The van der Waals surface area contributed by atoms with Crippen LogP contribution in [0.5, 0.6) is 5.75 Å². The molecule has 3 aromatic rings. The summed E-state index contributed by atoms with van der Waals surface area (Å²) < 4.78 is 0.930. The predicted octanol–water partition coefficient (Wildman–Crippen LogP) is 3.94. The maximum absolute atomic E-state index is 12.5. The monoisotopic (exact) mass is 499 g/mol. The van der Waals surface area contributed by atoms with Gasteiger partial charge in [-0.1, -0.05) is 42.5 Å². The molecule has 146 valence electrons. The molecule has 0 atom stereocenters. The normalized spacial score (nSPS) is 10.7. The number of aromatic hydroxyl groups is 1. The van der Waals surface area contributed by atoms with Gasteiger partial charge in [0.2, 0.25) is 5.91 Å². The van der Waals surface area contributed by atoms with Crippen LogP contribution in [0.4, 0.5) is 5.69 Å². The van der Waals surface area contributed by atoms with Crippen molar-refractivity contribution in [2.24, 2.45) is 5.10 Å². The summed E-state index contributed by atoms with van der Waals surface area (Å²) in [5.41, 5.74) is 4.48. The summed E-state index contributed by atoms with van der Waals surface area (Å²) in [5.74, 6) is -0.622. The van der Waals surface area contributed by atoms with Gasteiger partial charge < -0.3 is 10.4 Å². The molecule has 0 spiro atoms. The van der Waals surface area contributed by atoms with Crippen molar-refractivity contribution in [2.45, 2.75) is 6.42 Å². The molecule has 7 heteroatoms. The first-order valence-electron chi connectivity index (χ1n) is 8.77. The van der Waals surface area contributed by atoms with E-state index in [1.807, 2.05) is 30.3 Å². The summed E-state index contributed by atoms with van der Waals surface area (Å²) in [6, 6.07) is 21.1. The van der Waals surface area contributed by atoms with Crippen molar-refractivity contribution < 1.29 is 14.7 Å². The lowest BCUT2D eigenvalue weighted by Gasteiger charge is -2.10. The van der Waals surface area contributed by atoms with Crippen LogP contribution in [0.3, 0.4) is 0 Å². The van der Waals surface area contributed by atoms with E-state index in [0.29, 0.717) is 11.3 Å². The van der Waals surface area contributed by atoms with Crippen molar-refractivity contribution in [2.75, 3.05) is 5.32 Å². The SMILES string of the molecule is O=C(Cc1ccccc1)Nc1ccccc1C(=O)N/N=C\c1cc(I)ccc1O. The van der Waals surface area contributed by atoms with Crippen molar-refractivity contribution in [3.05, 3.63) is 93.1 Å². The van der Waals surface area contributed by atoms with E-state index in [9.17, 15) is 14.7 Å². The molecule has 0 aliphatic carbocycles. The Morgan fingerprint density at radius 2 is 1.72 bits per heavy atom. The second-order valence-electron chi connectivity index (χ2n) is 6.16. The second kappa shape index (κ2) is 9.83. The molecule has 0 heterocycles. The van der Waals surface area contributed by atoms with Crippen molar-refractivity contribution in [1.82, 2.24) is 5.43 Å². The number of para-hydroxylation sites is 1. The third-order valence-corrected chi connectivity index (χ3v) is 4.68. The molecule has 3 aromatic carbocycles. The number of anilines is 1. The number of nitrogens with one attached hydrogen (secondary N) is 2. The van der Waals surface area contributed by atoms with Crippen LogP contribution in [0.15, 0.2) is 77.9 Å². The van der Waals surface area contributed by atoms with E-state index in [1.165, 1.54) is 6.21 Å². The molecular weight excluding hydrogens is 481 g/mol. The first-order chi connectivity index (χ1) is 14.0.